The highest BCUT2D eigenvalue weighted by Gasteiger charge is 2.35. The summed E-state index contributed by atoms with van der Waals surface area (Å²) in [4.78, 5) is 42.2. The van der Waals surface area contributed by atoms with Crippen LogP contribution in [0, 0.1) is 6.92 Å². The molecule has 2 N–H and O–H groups in total. The van der Waals surface area contributed by atoms with Gasteiger partial charge in [-0.1, -0.05) is 0 Å². The zero-order valence-corrected chi connectivity index (χ0v) is 19.8. The van der Waals surface area contributed by atoms with Crippen molar-refractivity contribution < 1.29 is 19.1 Å². The van der Waals surface area contributed by atoms with Gasteiger partial charge in [0.1, 0.15) is 11.4 Å². The van der Waals surface area contributed by atoms with E-state index in [2.05, 4.69) is 5.10 Å². The largest absolute Gasteiger partial charge is 0.497 e. The molecular formula is C26H27N5O4. The summed E-state index contributed by atoms with van der Waals surface area (Å²) in [5.74, 6) is -0.255. The van der Waals surface area contributed by atoms with Gasteiger partial charge in [-0.15, -0.1) is 0 Å². The number of rotatable bonds is 5. The van der Waals surface area contributed by atoms with Crippen molar-refractivity contribution in [3.8, 4) is 11.4 Å². The summed E-state index contributed by atoms with van der Waals surface area (Å²) < 4.78 is 6.69. The maximum absolute atomic E-state index is 13.7. The number of likely N-dealkylation sites (tertiary alicyclic amines) is 1. The lowest BCUT2D eigenvalue weighted by atomic mass is 10.0. The molecule has 3 amide bonds. The van der Waals surface area contributed by atoms with Crippen LogP contribution < -0.4 is 15.4 Å². The molecule has 0 atom stereocenters. The van der Waals surface area contributed by atoms with Crippen LogP contribution in [0.25, 0.3) is 5.69 Å². The summed E-state index contributed by atoms with van der Waals surface area (Å²) in [6.07, 6.45) is 2.49. The molecule has 2 aromatic carbocycles. The molecule has 0 unspecified atom stereocenters. The zero-order chi connectivity index (χ0) is 24.7. The Morgan fingerprint density at radius 2 is 1.69 bits per heavy atom. The van der Waals surface area contributed by atoms with Crippen molar-refractivity contribution in [2.24, 2.45) is 5.73 Å². The maximum Gasteiger partial charge on any atom is 0.277 e. The Labute approximate surface area is 203 Å². The van der Waals surface area contributed by atoms with Gasteiger partial charge in [0, 0.05) is 36.4 Å². The molecule has 0 aliphatic carbocycles. The first-order chi connectivity index (χ1) is 16.9. The topological polar surface area (TPSA) is 111 Å². The van der Waals surface area contributed by atoms with Crippen molar-refractivity contribution >= 4 is 23.4 Å². The first-order valence-electron chi connectivity index (χ1n) is 11.7. The third kappa shape index (κ3) is 3.92. The Balaban J connectivity index is 1.51. The van der Waals surface area contributed by atoms with E-state index in [0.717, 1.165) is 31.5 Å². The van der Waals surface area contributed by atoms with Gasteiger partial charge in [-0.25, -0.2) is 4.68 Å². The Morgan fingerprint density at radius 3 is 2.31 bits per heavy atom. The molecule has 1 aromatic heterocycles. The van der Waals surface area contributed by atoms with Gasteiger partial charge in [0.25, 0.3) is 17.7 Å². The number of primary amides is 1. The zero-order valence-electron chi connectivity index (χ0n) is 19.8. The minimum Gasteiger partial charge on any atom is -0.497 e. The Morgan fingerprint density at radius 1 is 1.00 bits per heavy atom. The van der Waals surface area contributed by atoms with Gasteiger partial charge < -0.3 is 20.3 Å². The van der Waals surface area contributed by atoms with E-state index in [-0.39, 0.29) is 17.5 Å². The Kier molecular flexibility index (Phi) is 5.76. The summed E-state index contributed by atoms with van der Waals surface area (Å²) >= 11 is 0. The number of hydrogen-bond donors (Lipinski definition) is 1. The summed E-state index contributed by atoms with van der Waals surface area (Å²) in [6, 6.07) is 12.5. The molecule has 3 aromatic rings. The number of nitrogens with zero attached hydrogens (tertiary/aromatic N) is 4. The molecular weight excluding hydrogens is 446 g/mol. The number of amides is 3. The third-order valence-electron chi connectivity index (χ3n) is 6.71. The van der Waals surface area contributed by atoms with Crippen molar-refractivity contribution in [1.29, 1.82) is 0 Å². The fourth-order valence-corrected chi connectivity index (χ4v) is 4.86. The molecule has 0 radical (unpaired) electrons. The fraction of sp³-hybridized carbons (Fsp3) is 0.308. The Hall–Kier alpha value is -4.14. The highest BCUT2D eigenvalue weighted by molar-refractivity contribution is 6.10. The molecule has 0 spiro atoms. The van der Waals surface area contributed by atoms with Crippen molar-refractivity contribution in [3.05, 3.63) is 70.5 Å². The predicted octanol–water partition coefficient (Wildman–Crippen LogP) is 2.73. The highest BCUT2D eigenvalue weighted by Crippen LogP contribution is 2.30. The molecule has 2 aliphatic rings. The molecule has 5 rings (SSSR count). The van der Waals surface area contributed by atoms with Gasteiger partial charge in [0.2, 0.25) is 0 Å². The van der Waals surface area contributed by atoms with Crippen molar-refractivity contribution in [2.75, 3.05) is 31.6 Å². The molecule has 1 fully saturated rings. The molecule has 0 saturated carbocycles. The lowest BCUT2D eigenvalue weighted by Gasteiger charge is -2.28. The van der Waals surface area contributed by atoms with Crippen LogP contribution in [-0.4, -0.2) is 59.1 Å². The molecule has 9 nitrogen and oxygen atoms in total. The van der Waals surface area contributed by atoms with Crippen LogP contribution in [-0.2, 0) is 6.42 Å². The van der Waals surface area contributed by atoms with E-state index in [1.165, 1.54) is 4.68 Å². The molecule has 180 valence electrons. The van der Waals surface area contributed by atoms with Gasteiger partial charge in [-0.3, -0.25) is 14.4 Å². The van der Waals surface area contributed by atoms with Crippen LogP contribution in [0.3, 0.4) is 0 Å². The molecule has 3 heterocycles. The monoisotopic (exact) mass is 473 g/mol. The second-order valence-electron chi connectivity index (χ2n) is 8.86. The molecule has 35 heavy (non-hydrogen) atoms. The van der Waals surface area contributed by atoms with Crippen LogP contribution in [0.15, 0.2) is 42.5 Å². The number of aryl methyl sites for hydroxylation is 1. The van der Waals surface area contributed by atoms with Gasteiger partial charge >= 0.3 is 0 Å². The normalized spacial score (nSPS) is 15.3. The molecule has 9 heteroatoms. The van der Waals surface area contributed by atoms with E-state index < -0.39 is 5.91 Å². The smallest absolute Gasteiger partial charge is 0.277 e. The van der Waals surface area contributed by atoms with E-state index in [0.29, 0.717) is 46.9 Å². The second-order valence-corrected chi connectivity index (χ2v) is 8.86. The van der Waals surface area contributed by atoms with Gasteiger partial charge in [0.15, 0.2) is 5.69 Å². The first-order valence-corrected chi connectivity index (χ1v) is 11.7. The van der Waals surface area contributed by atoms with Gasteiger partial charge in [-0.2, -0.15) is 5.10 Å². The molecule has 1 saturated heterocycles. The summed E-state index contributed by atoms with van der Waals surface area (Å²) in [5.41, 5.74) is 9.33. The highest BCUT2D eigenvalue weighted by atomic mass is 16.5. The number of nitrogens with two attached hydrogens (primary N) is 1. The minimum absolute atomic E-state index is 0.0301. The number of carbonyl (C=O) groups excluding carboxylic acids is 3. The third-order valence-corrected chi connectivity index (χ3v) is 6.71. The van der Waals surface area contributed by atoms with Crippen LogP contribution in [0.1, 0.15) is 55.3 Å². The van der Waals surface area contributed by atoms with Crippen molar-refractivity contribution in [2.45, 2.75) is 26.2 Å². The van der Waals surface area contributed by atoms with E-state index in [1.807, 2.05) is 24.0 Å². The average Bonchev–Trinajstić information content (AvgIpc) is 3.53. The number of hydrogen-bond acceptors (Lipinski definition) is 5. The number of anilines is 1. The van der Waals surface area contributed by atoms with Gasteiger partial charge in [-0.05, 0) is 74.2 Å². The van der Waals surface area contributed by atoms with E-state index >= 15 is 0 Å². The molecule has 0 bridgehead atoms. The van der Waals surface area contributed by atoms with Crippen LogP contribution in [0.4, 0.5) is 5.69 Å². The van der Waals surface area contributed by atoms with Crippen LogP contribution >= 0.6 is 0 Å². The predicted molar refractivity (Wildman–Crippen MR) is 130 cm³/mol. The minimum atomic E-state index is -0.671. The number of methoxy groups -OCH3 is 1. The standard InChI is InChI=1S/C26H27N5O4/c1-16-15-18(7-10-20(16)25(33)29-12-3-4-13-29)30-14-11-21-22(24(27)32)28-31(23(21)26(30)34)17-5-8-19(35-2)9-6-17/h5-10,15H,3-4,11-14H2,1-2H3,(H2,27,32). The quantitative estimate of drug-likeness (QED) is 0.613. The van der Waals surface area contributed by atoms with Crippen LogP contribution in [0.5, 0.6) is 5.75 Å². The first kappa shape index (κ1) is 22.6. The van der Waals surface area contributed by atoms with Gasteiger partial charge in [0.05, 0.1) is 12.8 Å². The second kappa shape index (κ2) is 8.90. The van der Waals surface area contributed by atoms with Crippen LogP contribution in [0.2, 0.25) is 0 Å². The lowest BCUT2D eigenvalue weighted by molar-refractivity contribution is 0.0791. The average molecular weight is 474 g/mol. The van der Waals surface area contributed by atoms with Crippen molar-refractivity contribution in [3.63, 3.8) is 0 Å². The number of fused-ring (bicyclic) bond motifs is 1. The summed E-state index contributed by atoms with van der Waals surface area (Å²) in [7, 11) is 1.57. The van der Waals surface area contributed by atoms with E-state index in [9.17, 15) is 14.4 Å². The SMILES string of the molecule is COc1ccc(-n2nc(C(N)=O)c3c2C(=O)N(c2ccc(C(=O)N4CCCC4)c(C)c2)CC3)cc1. The molecule has 2 aliphatic heterocycles. The number of carbonyl (C=O) groups is 3. The summed E-state index contributed by atoms with van der Waals surface area (Å²) in [5, 5.41) is 4.40. The number of ether oxygens (including phenoxy) is 1. The maximum atomic E-state index is 13.7. The number of benzene rings is 2. The van der Waals surface area contributed by atoms with E-state index in [1.54, 1.807) is 42.3 Å². The number of aromatic nitrogens is 2. The lowest BCUT2D eigenvalue weighted by Crippen LogP contribution is -2.39. The van der Waals surface area contributed by atoms with Crippen molar-refractivity contribution in [1.82, 2.24) is 14.7 Å². The fourth-order valence-electron chi connectivity index (χ4n) is 4.86. The van der Waals surface area contributed by atoms with E-state index in [4.69, 9.17) is 10.5 Å². The Bertz CT molecular complexity index is 1320. The summed E-state index contributed by atoms with van der Waals surface area (Å²) in [6.45, 7) is 3.83.